The van der Waals surface area contributed by atoms with E-state index < -0.39 is 30.4 Å². The molecule has 114 valence electrons. The summed E-state index contributed by atoms with van der Waals surface area (Å²) in [5.41, 5.74) is 0.000892. The summed E-state index contributed by atoms with van der Waals surface area (Å²) in [6.45, 7) is -1.48. The number of benzene rings is 1. The molecule has 8 heteroatoms. The van der Waals surface area contributed by atoms with Crippen molar-refractivity contribution in [3.8, 4) is 0 Å². The van der Waals surface area contributed by atoms with Crippen LogP contribution in [0, 0.1) is 10.1 Å². The Bertz CT molecular complexity index is 535. The minimum absolute atomic E-state index is 0.191. The first-order valence-electron chi connectivity index (χ1n) is 6.05. The van der Waals surface area contributed by atoms with Crippen LogP contribution >= 0.6 is 0 Å². The summed E-state index contributed by atoms with van der Waals surface area (Å²) in [6.07, 6.45) is -0.559. The second-order valence-electron chi connectivity index (χ2n) is 4.05. The van der Waals surface area contributed by atoms with Gasteiger partial charge < -0.3 is 10.0 Å². The molecule has 0 aliphatic rings. The largest absolute Gasteiger partial charge is 0.395 e. The SMILES string of the molecule is O=C(/C=C/c1ccccc1[N+](=O)[O-])N(CCO)CC(F)F. The molecule has 0 saturated carbocycles. The van der Waals surface area contributed by atoms with Crippen LogP contribution in [0.15, 0.2) is 30.3 Å². The molecule has 0 aliphatic heterocycles. The fraction of sp³-hybridized carbons (Fsp3) is 0.308. The third kappa shape index (κ3) is 5.27. The van der Waals surface area contributed by atoms with Crippen LogP contribution in [0.1, 0.15) is 5.56 Å². The summed E-state index contributed by atoms with van der Waals surface area (Å²) >= 11 is 0. The number of halogens is 2. The first-order valence-corrected chi connectivity index (χ1v) is 6.05. The van der Waals surface area contributed by atoms with Crippen LogP contribution < -0.4 is 0 Å². The molecule has 1 N–H and O–H groups in total. The fourth-order valence-electron chi connectivity index (χ4n) is 1.64. The molecule has 1 aromatic rings. The van der Waals surface area contributed by atoms with Crippen molar-refractivity contribution < 1.29 is 23.6 Å². The van der Waals surface area contributed by atoms with Crippen molar-refractivity contribution in [3.63, 3.8) is 0 Å². The predicted molar refractivity (Wildman–Crippen MR) is 71.8 cm³/mol. The van der Waals surface area contributed by atoms with Crippen LogP contribution in [0.3, 0.4) is 0 Å². The number of aliphatic hydroxyl groups is 1. The van der Waals surface area contributed by atoms with Crippen molar-refractivity contribution >= 4 is 17.7 Å². The molecule has 1 rings (SSSR count). The Labute approximate surface area is 119 Å². The molecular formula is C13H14F2N2O4. The molecule has 21 heavy (non-hydrogen) atoms. The standard InChI is InChI=1S/C13H14F2N2O4/c14-12(15)9-16(7-8-18)13(19)6-5-10-3-1-2-4-11(10)17(20)21/h1-6,12,18H,7-9H2/b6-5+. The number of amides is 1. The molecule has 0 aromatic heterocycles. The second kappa shape index (κ2) is 8.05. The quantitative estimate of drug-likeness (QED) is 0.472. The molecule has 1 amide bonds. The van der Waals surface area contributed by atoms with Crippen LogP contribution in [0.4, 0.5) is 14.5 Å². The number of para-hydroxylation sites is 1. The summed E-state index contributed by atoms with van der Waals surface area (Å²) in [4.78, 5) is 22.7. The van der Waals surface area contributed by atoms with Crippen molar-refractivity contribution in [1.82, 2.24) is 4.90 Å². The number of alkyl halides is 2. The van der Waals surface area contributed by atoms with Gasteiger partial charge in [0.25, 0.3) is 12.1 Å². The topological polar surface area (TPSA) is 83.7 Å². The molecule has 0 radical (unpaired) electrons. The van der Waals surface area contributed by atoms with E-state index in [1.165, 1.54) is 24.3 Å². The Morgan fingerprint density at radius 2 is 2.10 bits per heavy atom. The minimum Gasteiger partial charge on any atom is -0.395 e. The highest BCUT2D eigenvalue weighted by molar-refractivity contribution is 5.92. The summed E-state index contributed by atoms with van der Waals surface area (Å²) in [6, 6.07) is 5.74. The Morgan fingerprint density at radius 1 is 1.43 bits per heavy atom. The average molecular weight is 300 g/mol. The van der Waals surface area contributed by atoms with Crippen LogP contribution in [0.5, 0.6) is 0 Å². The molecule has 0 heterocycles. The first-order chi connectivity index (χ1) is 9.95. The number of nitro benzene ring substituents is 1. The molecule has 6 nitrogen and oxygen atoms in total. The fourth-order valence-corrected chi connectivity index (χ4v) is 1.64. The summed E-state index contributed by atoms with van der Waals surface area (Å²) in [7, 11) is 0. The molecule has 0 saturated heterocycles. The van der Waals surface area contributed by atoms with Gasteiger partial charge >= 0.3 is 0 Å². The Kier molecular flexibility index (Phi) is 6.41. The van der Waals surface area contributed by atoms with E-state index in [-0.39, 0.29) is 17.8 Å². The highest BCUT2D eigenvalue weighted by Gasteiger charge is 2.16. The van der Waals surface area contributed by atoms with Crippen LogP contribution in [0.2, 0.25) is 0 Å². The maximum Gasteiger partial charge on any atom is 0.276 e. The predicted octanol–water partition coefficient (Wildman–Crippen LogP) is 1.69. The zero-order chi connectivity index (χ0) is 15.8. The number of carbonyl (C=O) groups excluding carboxylic acids is 1. The lowest BCUT2D eigenvalue weighted by molar-refractivity contribution is -0.385. The molecule has 0 unspecified atom stereocenters. The smallest absolute Gasteiger partial charge is 0.276 e. The first kappa shape index (κ1) is 16.7. The van der Waals surface area contributed by atoms with Crippen molar-refractivity contribution in [2.45, 2.75) is 6.43 Å². The average Bonchev–Trinajstić information content (AvgIpc) is 2.44. The molecular weight excluding hydrogens is 286 g/mol. The van der Waals surface area contributed by atoms with Gasteiger partial charge in [0.2, 0.25) is 5.91 Å². The third-order valence-corrected chi connectivity index (χ3v) is 2.58. The number of rotatable bonds is 7. The summed E-state index contributed by atoms with van der Waals surface area (Å²) in [5, 5.41) is 19.5. The molecule has 0 aliphatic carbocycles. The lowest BCUT2D eigenvalue weighted by Gasteiger charge is -2.19. The maximum atomic E-state index is 12.3. The van der Waals surface area contributed by atoms with Crippen LogP contribution in [-0.2, 0) is 4.79 Å². The molecule has 0 bridgehead atoms. The highest BCUT2D eigenvalue weighted by atomic mass is 19.3. The Balaban J connectivity index is 2.87. The normalized spacial score (nSPS) is 11.0. The van der Waals surface area contributed by atoms with Gasteiger partial charge in [0.05, 0.1) is 23.6 Å². The second-order valence-corrected chi connectivity index (χ2v) is 4.05. The van der Waals surface area contributed by atoms with E-state index >= 15 is 0 Å². The van der Waals surface area contributed by atoms with E-state index in [1.54, 1.807) is 6.07 Å². The van der Waals surface area contributed by atoms with E-state index in [0.29, 0.717) is 0 Å². The number of nitro groups is 1. The van der Waals surface area contributed by atoms with Gasteiger partial charge in [-0.1, -0.05) is 12.1 Å². The number of hydrogen-bond donors (Lipinski definition) is 1. The van der Waals surface area contributed by atoms with Gasteiger partial charge in [-0.15, -0.1) is 0 Å². The number of aliphatic hydroxyl groups excluding tert-OH is 1. The number of carbonyl (C=O) groups is 1. The van der Waals surface area contributed by atoms with Gasteiger partial charge in [0.1, 0.15) is 0 Å². The highest BCUT2D eigenvalue weighted by Crippen LogP contribution is 2.19. The van der Waals surface area contributed by atoms with E-state index in [4.69, 9.17) is 5.11 Å². The maximum absolute atomic E-state index is 12.3. The van der Waals surface area contributed by atoms with Gasteiger partial charge in [-0.05, 0) is 12.1 Å². The number of hydrogen-bond acceptors (Lipinski definition) is 4. The zero-order valence-electron chi connectivity index (χ0n) is 11.0. The van der Waals surface area contributed by atoms with Gasteiger partial charge in [0.15, 0.2) is 0 Å². The Morgan fingerprint density at radius 3 is 2.67 bits per heavy atom. The lowest BCUT2D eigenvalue weighted by atomic mass is 10.1. The molecule has 0 spiro atoms. The van der Waals surface area contributed by atoms with Gasteiger partial charge in [0, 0.05) is 18.7 Å². The van der Waals surface area contributed by atoms with Crippen molar-refractivity contribution in [1.29, 1.82) is 0 Å². The van der Waals surface area contributed by atoms with Crippen LogP contribution in [-0.4, -0.2) is 47.0 Å². The summed E-state index contributed by atoms with van der Waals surface area (Å²) in [5.74, 6) is -0.748. The third-order valence-electron chi connectivity index (χ3n) is 2.58. The Hall–Kier alpha value is -2.35. The zero-order valence-corrected chi connectivity index (χ0v) is 11.0. The van der Waals surface area contributed by atoms with Crippen molar-refractivity contribution in [3.05, 3.63) is 46.0 Å². The summed E-state index contributed by atoms with van der Waals surface area (Å²) < 4.78 is 24.6. The van der Waals surface area contributed by atoms with E-state index in [0.717, 1.165) is 11.0 Å². The number of nitrogens with zero attached hydrogens (tertiary/aromatic N) is 2. The van der Waals surface area contributed by atoms with E-state index in [2.05, 4.69) is 0 Å². The molecule has 1 aromatic carbocycles. The van der Waals surface area contributed by atoms with Gasteiger partial charge in [-0.2, -0.15) is 0 Å². The van der Waals surface area contributed by atoms with Gasteiger partial charge in [-0.25, -0.2) is 8.78 Å². The van der Waals surface area contributed by atoms with E-state index in [9.17, 15) is 23.7 Å². The monoisotopic (exact) mass is 300 g/mol. The molecule has 0 fully saturated rings. The molecule has 0 atom stereocenters. The van der Waals surface area contributed by atoms with Crippen molar-refractivity contribution in [2.24, 2.45) is 0 Å². The minimum atomic E-state index is -2.72. The lowest BCUT2D eigenvalue weighted by Crippen LogP contribution is -2.36. The van der Waals surface area contributed by atoms with E-state index in [1.807, 2.05) is 0 Å². The van der Waals surface area contributed by atoms with Gasteiger partial charge in [-0.3, -0.25) is 14.9 Å². The van der Waals surface area contributed by atoms with Crippen molar-refractivity contribution in [2.75, 3.05) is 19.7 Å². The van der Waals surface area contributed by atoms with Crippen LogP contribution in [0.25, 0.3) is 6.08 Å².